The number of ether oxygens (including phenoxy) is 2. The number of hydrogen-bond acceptors (Lipinski definition) is 6. The van der Waals surface area contributed by atoms with Crippen LogP contribution in [0.4, 0.5) is 18.9 Å². The molecule has 4 rings (SSSR count). The summed E-state index contributed by atoms with van der Waals surface area (Å²) in [7, 11) is 1.78. The lowest BCUT2D eigenvalue weighted by Gasteiger charge is -2.38. The second kappa shape index (κ2) is 10.0. The maximum atomic E-state index is 12.9. The quantitative estimate of drug-likeness (QED) is 0.662. The van der Waals surface area contributed by atoms with Crippen molar-refractivity contribution in [3.63, 3.8) is 0 Å². The number of aliphatic hydroxyl groups excluding tert-OH is 1. The molecule has 1 amide bonds. The molecule has 10 heteroatoms. The van der Waals surface area contributed by atoms with Gasteiger partial charge in [-0.2, -0.15) is 0 Å². The van der Waals surface area contributed by atoms with Crippen LogP contribution in [0.5, 0.6) is 5.75 Å². The maximum Gasteiger partial charge on any atom is 0.573 e. The highest BCUT2D eigenvalue weighted by molar-refractivity contribution is 6.05. The number of halogens is 3. The topological polar surface area (TPSA) is 74.3 Å². The van der Waals surface area contributed by atoms with Gasteiger partial charge in [-0.05, 0) is 54.0 Å². The minimum Gasteiger partial charge on any atom is -0.406 e. The zero-order valence-corrected chi connectivity index (χ0v) is 19.3. The summed E-state index contributed by atoms with van der Waals surface area (Å²) in [4.78, 5) is 16.7. The zero-order valence-electron chi connectivity index (χ0n) is 19.3. The van der Waals surface area contributed by atoms with Crippen molar-refractivity contribution < 1.29 is 32.5 Å². The van der Waals surface area contributed by atoms with Gasteiger partial charge < -0.3 is 29.7 Å². The highest BCUT2D eigenvalue weighted by atomic mass is 19.4. The third kappa shape index (κ3) is 5.95. The molecule has 1 atom stereocenters. The smallest absolute Gasteiger partial charge is 0.406 e. The van der Waals surface area contributed by atoms with Crippen LogP contribution in [-0.2, 0) is 4.74 Å². The molecular weight excluding hydrogens is 463 g/mol. The number of alkyl halides is 3. The summed E-state index contributed by atoms with van der Waals surface area (Å²) in [5.74, 6) is -0.896. The number of aryl methyl sites for hydroxylation is 1. The fourth-order valence-corrected chi connectivity index (χ4v) is 4.04. The standard InChI is InChI=1S/C25H26F3N3O4/c1-16-6-7-17(23(32)29-19-4-3-5-20(14-19)35-25(26,27)28)12-21(16)18-13-22(24(33)30(2)15-18)31-8-10-34-11-9-31/h3-7,12-15,24,33H,8-11H2,1-2H3,(H,29,32). The van der Waals surface area contributed by atoms with E-state index >= 15 is 0 Å². The predicted molar refractivity (Wildman–Crippen MR) is 124 cm³/mol. The van der Waals surface area contributed by atoms with Crippen LogP contribution >= 0.6 is 0 Å². The second-order valence-corrected chi connectivity index (χ2v) is 8.35. The number of carbonyl (C=O) groups excluding carboxylic acids is 1. The molecule has 186 valence electrons. The van der Waals surface area contributed by atoms with Crippen LogP contribution in [0.25, 0.3) is 5.57 Å². The van der Waals surface area contributed by atoms with Crippen LogP contribution < -0.4 is 10.1 Å². The van der Waals surface area contributed by atoms with Gasteiger partial charge in [-0.25, -0.2) is 0 Å². The van der Waals surface area contributed by atoms with E-state index in [0.29, 0.717) is 31.9 Å². The minimum absolute atomic E-state index is 0.174. The molecule has 1 fully saturated rings. The van der Waals surface area contributed by atoms with Crippen LogP contribution in [0.2, 0.25) is 0 Å². The summed E-state index contributed by atoms with van der Waals surface area (Å²) < 4.78 is 46.9. The first kappa shape index (κ1) is 24.6. The number of benzene rings is 2. The number of nitrogens with one attached hydrogen (secondary N) is 1. The normalized spacial score (nSPS) is 18.6. The van der Waals surface area contributed by atoms with Gasteiger partial charge in [-0.15, -0.1) is 13.2 Å². The summed E-state index contributed by atoms with van der Waals surface area (Å²) in [5.41, 5.74) is 3.82. The number of likely N-dealkylation sites (N-methyl/N-ethyl adjacent to an activating group) is 1. The van der Waals surface area contributed by atoms with Crippen molar-refractivity contribution in [3.05, 3.63) is 77.1 Å². The molecule has 2 aromatic carbocycles. The van der Waals surface area contributed by atoms with Gasteiger partial charge >= 0.3 is 6.36 Å². The maximum absolute atomic E-state index is 12.9. The molecule has 2 aromatic rings. The summed E-state index contributed by atoms with van der Waals surface area (Å²) in [6, 6.07) is 10.3. The largest absolute Gasteiger partial charge is 0.573 e. The molecule has 2 N–H and O–H groups in total. The summed E-state index contributed by atoms with van der Waals surface area (Å²) in [5, 5.41) is 13.3. The Hall–Kier alpha value is -3.50. The third-order valence-electron chi connectivity index (χ3n) is 5.81. The van der Waals surface area contributed by atoms with Gasteiger partial charge in [0, 0.05) is 43.7 Å². The third-order valence-corrected chi connectivity index (χ3v) is 5.81. The van der Waals surface area contributed by atoms with Gasteiger partial charge in [0.15, 0.2) is 6.23 Å². The number of amides is 1. The zero-order chi connectivity index (χ0) is 25.2. The number of anilines is 1. The van der Waals surface area contributed by atoms with Gasteiger partial charge in [0.2, 0.25) is 0 Å². The first-order chi connectivity index (χ1) is 16.6. The van der Waals surface area contributed by atoms with E-state index in [4.69, 9.17) is 4.74 Å². The van der Waals surface area contributed by atoms with E-state index in [-0.39, 0.29) is 5.69 Å². The second-order valence-electron chi connectivity index (χ2n) is 8.35. The Labute approximate surface area is 201 Å². The van der Waals surface area contributed by atoms with E-state index in [1.54, 1.807) is 24.1 Å². The van der Waals surface area contributed by atoms with Crippen LogP contribution in [-0.4, -0.2) is 66.8 Å². The van der Waals surface area contributed by atoms with Crippen molar-refractivity contribution >= 4 is 17.2 Å². The van der Waals surface area contributed by atoms with E-state index in [9.17, 15) is 23.1 Å². The monoisotopic (exact) mass is 489 g/mol. The highest BCUT2D eigenvalue weighted by Crippen LogP contribution is 2.31. The van der Waals surface area contributed by atoms with Crippen LogP contribution in [0.3, 0.4) is 0 Å². The molecule has 0 saturated carbocycles. The fourth-order valence-electron chi connectivity index (χ4n) is 4.04. The van der Waals surface area contributed by atoms with Crippen molar-refractivity contribution in [3.8, 4) is 5.75 Å². The Morgan fingerprint density at radius 1 is 1.17 bits per heavy atom. The van der Waals surface area contributed by atoms with Gasteiger partial charge in [0.05, 0.1) is 18.9 Å². The Morgan fingerprint density at radius 3 is 2.63 bits per heavy atom. The van der Waals surface area contributed by atoms with E-state index in [2.05, 4.69) is 15.0 Å². The van der Waals surface area contributed by atoms with Crippen molar-refractivity contribution in [2.45, 2.75) is 19.5 Å². The molecule has 0 aromatic heterocycles. The Kier molecular flexibility index (Phi) is 7.04. The van der Waals surface area contributed by atoms with Crippen LogP contribution in [0, 0.1) is 6.92 Å². The van der Waals surface area contributed by atoms with Crippen LogP contribution in [0.1, 0.15) is 21.5 Å². The lowest BCUT2D eigenvalue weighted by atomic mass is 9.95. The molecule has 2 aliphatic rings. The van der Waals surface area contributed by atoms with E-state index < -0.39 is 24.2 Å². The molecule has 0 aliphatic carbocycles. The molecule has 0 spiro atoms. The average molecular weight is 489 g/mol. The first-order valence-electron chi connectivity index (χ1n) is 11.0. The van der Waals surface area contributed by atoms with Crippen LogP contribution in [0.15, 0.2) is 60.4 Å². The lowest BCUT2D eigenvalue weighted by molar-refractivity contribution is -0.274. The predicted octanol–water partition coefficient (Wildman–Crippen LogP) is 3.97. The summed E-state index contributed by atoms with van der Waals surface area (Å²) in [6.07, 6.45) is -1.89. The van der Waals surface area contributed by atoms with Gasteiger partial charge in [0.25, 0.3) is 5.91 Å². The molecule has 1 saturated heterocycles. The van der Waals surface area contributed by atoms with E-state index in [1.165, 1.54) is 12.1 Å². The number of nitrogens with zero attached hydrogens (tertiary/aromatic N) is 2. The molecule has 0 bridgehead atoms. The average Bonchev–Trinajstić information content (AvgIpc) is 2.81. The van der Waals surface area contributed by atoms with Gasteiger partial charge in [0.1, 0.15) is 5.75 Å². The molecule has 35 heavy (non-hydrogen) atoms. The summed E-state index contributed by atoms with van der Waals surface area (Å²) in [6.45, 7) is 4.42. The van der Waals surface area contributed by atoms with Gasteiger partial charge in [-0.3, -0.25) is 4.79 Å². The molecule has 2 heterocycles. The van der Waals surface area contributed by atoms with E-state index in [1.807, 2.05) is 25.3 Å². The SMILES string of the molecule is Cc1ccc(C(=O)Nc2cccc(OC(F)(F)F)c2)cc1C1=CN(C)C(O)C(N2CCOCC2)=C1. The van der Waals surface area contributed by atoms with Gasteiger partial charge in [-0.1, -0.05) is 12.1 Å². The number of carbonyl (C=O) groups is 1. The Balaban J connectivity index is 1.58. The number of rotatable bonds is 5. The molecule has 0 radical (unpaired) electrons. The number of aliphatic hydroxyl groups is 1. The van der Waals surface area contributed by atoms with Crippen molar-refractivity contribution in [2.24, 2.45) is 0 Å². The Bertz CT molecular complexity index is 1160. The highest BCUT2D eigenvalue weighted by Gasteiger charge is 2.31. The first-order valence-corrected chi connectivity index (χ1v) is 11.0. The summed E-state index contributed by atoms with van der Waals surface area (Å²) >= 11 is 0. The number of morpholine rings is 1. The molecule has 2 aliphatic heterocycles. The number of hydrogen-bond donors (Lipinski definition) is 2. The number of allylic oxidation sites excluding steroid dienone is 2. The molecule has 1 unspecified atom stereocenters. The van der Waals surface area contributed by atoms with Crippen molar-refractivity contribution in [1.82, 2.24) is 9.80 Å². The minimum atomic E-state index is -4.82. The fraction of sp³-hybridized carbons (Fsp3) is 0.320. The van der Waals surface area contributed by atoms with Crippen molar-refractivity contribution in [1.29, 1.82) is 0 Å². The lowest BCUT2D eigenvalue weighted by Crippen LogP contribution is -2.44. The van der Waals surface area contributed by atoms with Crippen molar-refractivity contribution in [2.75, 3.05) is 38.7 Å². The Morgan fingerprint density at radius 2 is 1.91 bits per heavy atom. The molecule has 7 nitrogen and oxygen atoms in total. The van der Waals surface area contributed by atoms with E-state index in [0.717, 1.165) is 34.5 Å². The molecular formula is C25H26F3N3O4.